The van der Waals surface area contributed by atoms with E-state index in [2.05, 4.69) is 28.5 Å². The molecule has 0 saturated carbocycles. The van der Waals surface area contributed by atoms with Crippen LogP contribution in [0.2, 0.25) is 0 Å². The van der Waals surface area contributed by atoms with Crippen LogP contribution in [0.1, 0.15) is 23.1 Å². The Balaban J connectivity index is 1.83. The molecule has 0 aliphatic rings. The lowest BCUT2D eigenvalue weighted by Gasteiger charge is -2.26. The van der Waals surface area contributed by atoms with E-state index in [4.69, 9.17) is 17.0 Å². The first-order chi connectivity index (χ1) is 14.1. The molecule has 0 fully saturated rings. The van der Waals surface area contributed by atoms with E-state index in [0.29, 0.717) is 30.4 Å². The van der Waals surface area contributed by atoms with Gasteiger partial charge in [-0.1, -0.05) is 42.0 Å². The molecule has 0 saturated heterocycles. The minimum absolute atomic E-state index is 0.0819. The molecule has 0 aliphatic carbocycles. The van der Waals surface area contributed by atoms with Crippen LogP contribution in [0.5, 0.6) is 0 Å². The Morgan fingerprint density at radius 2 is 1.93 bits per heavy atom. The summed E-state index contributed by atoms with van der Waals surface area (Å²) >= 11 is 5.65. The number of hydrogen-bond donors (Lipinski definition) is 2. The molecule has 1 aromatic heterocycles. The van der Waals surface area contributed by atoms with Crippen molar-refractivity contribution in [2.45, 2.75) is 26.4 Å². The highest BCUT2D eigenvalue weighted by molar-refractivity contribution is 7.80. The quantitative estimate of drug-likeness (QED) is 0.438. The number of thiocarbonyl (C=S) groups is 1. The largest absolute Gasteiger partial charge is 0.385 e. The lowest BCUT2D eigenvalue weighted by molar-refractivity contribution is 0.195. The third-order valence-electron chi connectivity index (χ3n) is 4.74. The fourth-order valence-corrected chi connectivity index (χ4v) is 3.45. The maximum Gasteiger partial charge on any atom is 0.253 e. The van der Waals surface area contributed by atoms with Crippen LogP contribution in [0.25, 0.3) is 10.9 Å². The average Bonchev–Trinajstić information content (AvgIpc) is 2.72. The number of fused-ring (bicyclic) bond motifs is 1. The maximum atomic E-state index is 12.7. The van der Waals surface area contributed by atoms with Crippen molar-refractivity contribution in [3.05, 3.63) is 81.6 Å². The van der Waals surface area contributed by atoms with E-state index >= 15 is 0 Å². The lowest BCUT2D eigenvalue weighted by atomic mass is 10.1. The summed E-state index contributed by atoms with van der Waals surface area (Å²) in [5.41, 5.74) is 3.76. The zero-order valence-corrected chi connectivity index (χ0v) is 17.7. The van der Waals surface area contributed by atoms with Crippen molar-refractivity contribution in [1.29, 1.82) is 0 Å². The van der Waals surface area contributed by atoms with Gasteiger partial charge in [0.05, 0.1) is 6.54 Å². The van der Waals surface area contributed by atoms with Crippen molar-refractivity contribution in [3.8, 4) is 0 Å². The van der Waals surface area contributed by atoms with Crippen molar-refractivity contribution in [2.75, 3.05) is 20.3 Å². The smallest absolute Gasteiger partial charge is 0.253 e. The van der Waals surface area contributed by atoms with Crippen LogP contribution < -0.4 is 10.9 Å². The topological polar surface area (TPSA) is 57.4 Å². The Hall–Kier alpha value is -2.70. The first kappa shape index (κ1) is 21.0. The van der Waals surface area contributed by atoms with Gasteiger partial charge in [0.1, 0.15) is 0 Å². The van der Waals surface area contributed by atoms with Gasteiger partial charge in [-0.3, -0.25) is 4.79 Å². The summed E-state index contributed by atoms with van der Waals surface area (Å²) in [5.74, 6) is 0. The van der Waals surface area contributed by atoms with Crippen molar-refractivity contribution in [3.63, 3.8) is 0 Å². The van der Waals surface area contributed by atoms with Crippen LogP contribution in [0.4, 0.5) is 0 Å². The summed E-state index contributed by atoms with van der Waals surface area (Å²) in [7, 11) is 1.69. The minimum atomic E-state index is -0.0819. The average molecular weight is 410 g/mol. The summed E-state index contributed by atoms with van der Waals surface area (Å²) in [4.78, 5) is 17.7. The van der Waals surface area contributed by atoms with Crippen LogP contribution in [0.15, 0.2) is 59.4 Å². The van der Waals surface area contributed by atoms with Crippen molar-refractivity contribution < 1.29 is 4.74 Å². The Morgan fingerprint density at radius 1 is 1.14 bits per heavy atom. The molecule has 5 nitrogen and oxygen atoms in total. The van der Waals surface area contributed by atoms with Gasteiger partial charge in [0.25, 0.3) is 5.56 Å². The standard InChI is InChI=1S/C23H27N3O2S/c1-17-9-10-21-19(13-17)14-20(22(27)25-21)16-26(15-18-7-4-3-5-8-18)23(29)24-11-6-12-28-2/h3-5,7-10,13-14H,6,11-12,15-16H2,1-2H3,(H,24,29)(H,25,27). The molecule has 29 heavy (non-hydrogen) atoms. The van der Waals surface area contributed by atoms with Gasteiger partial charge in [0, 0.05) is 37.9 Å². The van der Waals surface area contributed by atoms with E-state index in [-0.39, 0.29) is 5.56 Å². The summed E-state index contributed by atoms with van der Waals surface area (Å²) in [6, 6.07) is 18.1. The molecule has 0 aliphatic heterocycles. The predicted molar refractivity (Wildman–Crippen MR) is 122 cm³/mol. The Kier molecular flexibility index (Phi) is 7.38. The third kappa shape index (κ3) is 5.89. The van der Waals surface area contributed by atoms with Crippen LogP contribution in [-0.4, -0.2) is 35.3 Å². The molecule has 6 heteroatoms. The number of ether oxygens (including phenoxy) is 1. The number of benzene rings is 2. The van der Waals surface area contributed by atoms with Gasteiger partial charge >= 0.3 is 0 Å². The second-order valence-corrected chi connectivity index (χ2v) is 7.52. The molecule has 0 unspecified atom stereocenters. The van der Waals surface area contributed by atoms with Crippen LogP contribution in [0.3, 0.4) is 0 Å². The third-order valence-corrected chi connectivity index (χ3v) is 5.15. The molecule has 0 spiro atoms. The van der Waals surface area contributed by atoms with Crippen molar-refractivity contribution in [2.24, 2.45) is 0 Å². The van der Waals surface area contributed by atoms with Gasteiger partial charge in [0.2, 0.25) is 0 Å². The molecule has 0 radical (unpaired) electrons. The van der Waals surface area contributed by atoms with E-state index < -0.39 is 0 Å². The van der Waals surface area contributed by atoms with Gasteiger partial charge in [-0.15, -0.1) is 0 Å². The number of aromatic amines is 1. The summed E-state index contributed by atoms with van der Waals surface area (Å²) in [6.45, 7) is 4.51. The molecule has 3 rings (SSSR count). The van der Waals surface area contributed by atoms with Crippen molar-refractivity contribution in [1.82, 2.24) is 15.2 Å². The molecule has 0 amide bonds. The Morgan fingerprint density at radius 3 is 2.69 bits per heavy atom. The number of rotatable bonds is 8. The molecule has 2 aromatic carbocycles. The van der Waals surface area contributed by atoms with E-state index in [1.807, 2.05) is 48.2 Å². The minimum Gasteiger partial charge on any atom is -0.385 e. The fourth-order valence-electron chi connectivity index (χ4n) is 3.22. The SMILES string of the molecule is COCCCNC(=S)N(Cc1ccccc1)Cc1cc2cc(C)ccc2[nH]c1=O. The van der Waals surface area contributed by atoms with E-state index in [0.717, 1.165) is 35.0 Å². The second kappa shape index (κ2) is 10.2. The summed E-state index contributed by atoms with van der Waals surface area (Å²) in [6.07, 6.45) is 0.867. The number of hydrogen-bond acceptors (Lipinski definition) is 3. The summed E-state index contributed by atoms with van der Waals surface area (Å²) < 4.78 is 5.10. The fraction of sp³-hybridized carbons (Fsp3) is 0.304. The van der Waals surface area contributed by atoms with Gasteiger partial charge in [-0.05, 0) is 54.7 Å². The van der Waals surface area contributed by atoms with Crippen LogP contribution >= 0.6 is 12.2 Å². The molecule has 0 bridgehead atoms. The van der Waals surface area contributed by atoms with Gasteiger partial charge in [-0.25, -0.2) is 0 Å². The zero-order valence-electron chi connectivity index (χ0n) is 16.9. The normalized spacial score (nSPS) is 10.8. The molecule has 1 heterocycles. The number of aromatic nitrogens is 1. The van der Waals surface area contributed by atoms with E-state index in [1.54, 1.807) is 7.11 Å². The Labute approximate surface area is 176 Å². The lowest BCUT2D eigenvalue weighted by Crippen LogP contribution is -2.40. The summed E-state index contributed by atoms with van der Waals surface area (Å²) in [5, 5.41) is 4.95. The van der Waals surface area contributed by atoms with Crippen LogP contribution in [0, 0.1) is 6.92 Å². The predicted octanol–water partition coefficient (Wildman–Crippen LogP) is 3.75. The van der Waals surface area contributed by atoms with E-state index in [9.17, 15) is 4.79 Å². The molecular weight excluding hydrogens is 382 g/mol. The number of H-pyrrole nitrogens is 1. The van der Waals surface area contributed by atoms with Gasteiger partial charge < -0.3 is 19.9 Å². The number of pyridine rings is 1. The van der Waals surface area contributed by atoms with Gasteiger partial charge in [-0.2, -0.15) is 0 Å². The second-order valence-electron chi connectivity index (χ2n) is 7.13. The van der Waals surface area contributed by atoms with Crippen molar-refractivity contribution >= 4 is 28.2 Å². The highest BCUT2D eigenvalue weighted by atomic mass is 32.1. The first-order valence-electron chi connectivity index (χ1n) is 9.75. The molecule has 3 aromatic rings. The zero-order chi connectivity index (χ0) is 20.6. The van der Waals surface area contributed by atoms with E-state index in [1.165, 1.54) is 0 Å². The molecule has 0 atom stereocenters. The number of aryl methyl sites for hydroxylation is 1. The van der Waals surface area contributed by atoms with Gasteiger partial charge in [0.15, 0.2) is 5.11 Å². The van der Waals surface area contributed by atoms with Crippen LogP contribution in [-0.2, 0) is 17.8 Å². The maximum absolute atomic E-state index is 12.7. The molecule has 2 N–H and O–H groups in total. The molecule has 152 valence electrons. The first-order valence-corrected chi connectivity index (χ1v) is 10.2. The number of nitrogens with one attached hydrogen (secondary N) is 2. The molecular formula is C23H27N3O2S. The number of methoxy groups -OCH3 is 1. The number of nitrogens with zero attached hydrogens (tertiary/aromatic N) is 1. The Bertz CT molecular complexity index is 1020. The monoisotopic (exact) mass is 409 g/mol. The highest BCUT2D eigenvalue weighted by Gasteiger charge is 2.14. The highest BCUT2D eigenvalue weighted by Crippen LogP contribution is 2.15.